The second-order valence-electron chi connectivity index (χ2n) is 4.65. The monoisotopic (exact) mass is 415 g/mol. The zero-order valence-corrected chi connectivity index (χ0v) is 14.6. The van der Waals surface area contributed by atoms with Crippen LogP contribution in [0.15, 0.2) is 27.6 Å². The standard InChI is InChI=1S/C12H16Br2FNO2S/c1-8(2)5-10(14)7-16-19(17,18)12-4-3-9(13)6-11(12)15/h3-4,6,8,10,16H,5,7H2,1-2H3. The van der Waals surface area contributed by atoms with Crippen molar-refractivity contribution in [3.8, 4) is 0 Å². The first-order valence-corrected chi connectivity index (χ1v) is 9.00. The molecule has 0 saturated carbocycles. The van der Waals surface area contributed by atoms with E-state index in [4.69, 9.17) is 0 Å². The maximum absolute atomic E-state index is 13.6. The first-order chi connectivity index (χ1) is 8.72. The summed E-state index contributed by atoms with van der Waals surface area (Å²) in [5.41, 5.74) is 0. The van der Waals surface area contributed by atoms with E-state index in [1.165, 1.54) is 12.1 Å². The Hall–Kier alpha value is 0.0200. The predicted octanol–water partition coefficient (Wildman–Crippen LogP) is 3.68. The van der Waals surface area contributed by atoms with Crippen LogP contribution < -0.4 is 4.72 Å². The van der Waals surface area contributed by atoms with Crippen molar-refractivity contribution in [1.29, 1.82) is 0 Å². The second kappa shape index (κ2) is 7.15. The maximum Gasteiger partial charge on any atom is 0.243 e. The third-order valence-corrected chi connectivity index (χ3v) is 5.05. The van der Waals surface area contributed by atoms with Crippen molar-refractivity contribution >= 4 is 41.9 Å². The van der Waals surface area contributed by atoms with Crippen molar-refractivity contribution in [1.82, 2.24) is 4.72 Å². The summed E-state index contributed by atoms with van der Waals surface area (Å²) in [5.74, 6) is -0.310. The smallest absolute Gasteiger partial charge is 0.210 e. The maximum atomic E-state index is 13.6. The van der Waals surface area contributed by atoms with Crippen LogP contribution in [0.3, 0.4) is 0 Å². The van der Waals surface area contributed by atoms with Crippen molar-refractivity contribution in [2.24, 2.45) is 5.92 Å². The third-order valence-electron chi connectivity index (χ3n) is 2.41. The normalized spacial score (nSPS) is 13.8. The molecule has 3 nitrogen and oxygen atoms in total. The number of nitrogens with one attached hydrogen (secondary N) is 1. The Bertz CT molecular complexity index is 535. The van der Waals surface area contributed by atoms with E-state index in [9.17, 15) is 12.8 Å². The SMILES string of the molecule is CC(C)CC(Br)CNS(=O)(=O)c1ccc(Br)cc1F. The van der Waals surface area contributed by atoms with E-state index >= 15 is 0 Å². The molecule has 7 heteroatoms. The third kappa shape index (κ3) is 5.49. The highest BCUT2D eigenvalue weighted by Gasteiger charge is 2.20. The van der Waals surface area contributed by atoms with E-state index < -0.39 is 15.8 Å². The number of rotatable bonds is 6. The molecule has 108 valence electrons. The molecule has 0 radical (unpaired) electrons. The molecule has 0 spiro atoms. The highest BCUT2D eigenvalue weighted by molar-refractivity contribution is 9.10. The number of benzene rings is 1. The number of halogens is 3. The molecule has 0 bridgehead atoms. The molecule has 0 saturated heterocycles. The van der Waals surface area contributed by atoms with Crippen LogP contribution >= 0.6 is 31.9 Å². The highest BCUT2D eigenvalue weighted by atomic mass is 79.9. The number of sulfonamides is 1. The van der Waals surface area contributed by atoms with Gasteiger partial charge in [-0.3, -0.25) is 0 Å². The lowest BCUT2D eigenvalue weighted by atomic mass is 10.1. The Labute approximate surface area is 130 Å². The van der Waals surface area contributed by atoms with E-state index in [1.54, 1.807) is 0 Å². The molecular weight excluding hydrogens is 401 g/mol. The highest BCUT2D eigenvalue weighted by Crippen LogP contribution is 2.20. The molecule has 0 aromatic heterocycles. The van der Waals surface area contributed by atoms with Gasteiger partial charge >= 0.3 is 0 Å². The Balaban J connectivity index is 2.76. The van der Waals surface area contributed by atoms with Crippen LogP contribution in [0.1, 0.15) is 20.3 Å². The van der Waals surface area contributed by atoms with E-state index in [0.29, 0.717) is 10.4 Å². The van der Waals surface area contributed by atoms with Crippen molar-refractivity contribution in [3.63, 3.8) is 0 Å². The summed E-state index contributed by atoms with van der Waals surface area (Å²) in [6, 6.07) is 3.87. The fourth-order valence-electron chi connectivity index (χ4n) is 1.57. The summed E-state index contributed by atoms with van der Waals surface area (Å²) in [6.45, 7) is 4.34. The molecule has 0 aliphatic carbocycles. The van der Waals surface area contributed by atoms with Crippen LogP contribution in [-0.4, -0.2) is 19.8 Å². The van der Waals surface area contributed by atoms with Gasteiger partial charge in [0, 0.05) is 15.8 Å². The molecule has 0 amide bonds. The second-order valence-corrected chi connectivity index (χ2v) is 8.60. The average molecular weight is 417 g/mol. The van der Waals surface area contributed by atoms with Gasteiger partial charge in [-0.1, -0.05) is 45.7 Å². The Morgan fingerprint density at radius 3 is 2.53 bits per heavy atom. The van der Waals surface area contributed by atoms with E-state index in [-0.39, 0.29) is 16.3 Å². The number of hydrogen-bond acceptors (Lipinski definition) is 2. The zero-order valence-electron chi connectivity index (χ0n) is 10.7. The van der Waals surface area contributed by atoms with Gasteiger partial charge in [-0.15, -0.1) is 0 Å². The van der Waals surface area contributed by atoms with Gasteiger partial charge in [-0.2, -0.15) is 0 Å². The van der Waals surface area contributed by atoms with E-state index in [0.717, 1.165) is 12.5 Å². The molecule has 0 aliphatic heterocycles. The van der Waals surface area contributed by atoms with Crippen LogP contribution in [-0.2, 0) is 10.0 Å². The fourth-order valence-corrected chi connectivity index (χ4v) is 4.16. The van der Waals surface area contributed by atoms with Crippen LogP contribution in [0.2, 0.25) is 0 Å². The number of alkyl halides is 1. The van der Waals surface area contributed by atoms with Crippen molar-refractivity contribution in [3.05, 3.63) is 28.5 Å². The molecule has 1 aromatic rings. The first kappa shape index (κ1) is 17.1. The molecule has 1 atom stereocenters. The number of hydrogen-bond donors (Lipinski definition) is 1. The summed E-state index contributed by atoms with van der Waals surface area (Å²) >= 11 is 6.50. The predicted molar refractivity (Wildman–Crippen MR) is 81.5 cm³/mol. The van der Waals surface area contributed by atoms with Crippen molar-refractivity contribution < 1.29 is 12.8 Å². The largest absolute Gasteiger partial charge is 0.243 e. The van der Waals surface area contributed by atoms with E-state index in [1.807, 2.05) is 0 Å². The fraction of sp³-hybridized carbons (Fsp3) is 0.500. The zero-order chi connectivity index (χ0) is 14.6. The minimum absolute atomic E-state index is 0.0285. The minimum atomic E-state index is -3.81. The lowest BCUT2D eigenvalue weighted by molar-refractivity contribution is 0.541. The van der Waals surface area contributed by atoms with Crippen LogP contribution in [0.4, 0.5) is 4.39 Å². The van der Waals surface area contributed by atoms with Gasteiger partial charge < -0.3 is 0 Å². The molecule has 0 heterocycles. The van der Waals surface area contributed by atoms with Gasteiger partial charge in [0.2, 0.25) is 10.0 Å². The van der Waals surface area contributed by atoms with E-state index in [2.05, 4.69) is 50.4 Å². The minimum Gasteiger partial charge on any atom is -0.210 e. The van der Waals surface area contributed by atoms with Gasteiger partial charge in [0.25, 0.3) is 0 Å². The molecule has 0 aliphatic rings. The summed E-state index contributed by atoms with van der Waals surface area (Å²) in [7, 11) is -3.81. The molecule has 0 fully saturated rings. The van der Waals surface area contributed by atoms with Crippen LogP contribution in [0.25, 0.3) is 0 Å². The molecule has 1 rings (SSSR count). The van der Waals surface area contributed by atoms with Gasteiger partial charge in [-0.25, -0.2) is 17.5 Å². The quantitative estimate of drug-likeness (QED) is 0.719. The van der Waals surface area contributed by atoms with Gasteiger partial charge in [0.1, 0.15) is 10.7 Å². The van der Waals surface area contributed by atoms with Crippen LogP contribution in [0.5, 0.6) is 0 Å². The Kier molecular flexibility index (Phi) is 6.42. The molecule has 19 heavy (non-hydrogen) atoms. The summed E-state index contributed by atoms with van der Waals surface area (Å²) in [5, 5.41) is 0. The molecule has 1 unspecified atom stereocenters. The van der Waals surface area contributed by atoms with Gasteiger partial charge in [0.15, 0.2) is 0 Å². The van der Waals surface area contributed by atoms with Gasteiger partial charge in [0.05, 0.1) is 0 Å². The summed E-state index contributed by atoms with van der Waals surface area (Å²) < 4.78 is 40.5. The molecule has 1 aromatic carbocycles. The topological polar surface area (TPSA) is 46.2 Å². The molecular formula is C12H16Br2FNO2S. The average Bonchev–Trinajstić information content (AvgIpc) is 2.25. The van der Waals surface area contributed by atoms with Crippen molar-refractivity contribution in [2.45, 2.75) is 30.0 Å². The van der Waals surface area contributed by atoms with Gasteiger partial charge in [-0.05, 0) is 30.5 Å². The lowest BCUT2D eigenvalue weighted by Crippen LogP contribution is -2.30. The first-order valence-electron chi connectivity index (χ1n) is 5.81. The Morgan fingerprint density at radius 1 is 1.37 bits per heavy atom. The van der Waals surface area contributed by atoms with Crippen molar-refractivity contribution in [2.75, 3.05) is 6.54 Å². The summed E-state index contributed by atoms with van der Waals surface area (Å²) in [4.78, 5) is -0.305. The molecule has 1 N–H and O–H groups in total. The van der Waals surface area contributed by atoms with Crippen LogP contribution in [0, 0.1) is 11.7 Å². The lowest BCUT2D eigenvalue weighted by Gasteiger charge is -2.14. The summed E-state index contributed by atoms with van der Waals surface area (Å²) in [6.07, 6.45) is 0.839. The Morgan fingerprint density at radius 2 is 2.00 bits per heavy atom.